The molecule has 0 bridgehead atoms. The third kappa shape index (κ3) is 2.25. The van der Waals surface area contributed by atoms with E-state index >= 15 is 0 Å². The summed E-state index contributed by atoms with van der Waals surface area (Å²) in [6, 6.07) is 0. The van der Waals surface area contributed by atoms with Crippen LogP contribution < -0.4 is 0 Å². The first-order valence-corrected chi connectivity index (χ1v) is 2.07. The van der Waals surface area contributed by atoms with Crippen molar-refractivity contribution < 1.29 is 14.9 Å². The van der Waals surface area contributed by atoms with Crippen molar-refractivity contribution >= 4 is 0 Å². The first-order chi connectivity index (χ1) is 3.50. The van der Waals surface area contributed by atoms with E-state index in [0.717, 1.165) is 0 Å². The van der Waals surface area contributed by atoms with E-state index in [4.69, 9.17) is 9.47 Å². The zero-order valence-electron chi connectivity index (χ0n) is 4.33. The lowest BCUT2D eigenvalue weighted by Crippen LogP contribution is -1.75. The summed E-state index contributed by atoms with van der Waals surface area (Å²) >= 11 is 0. The minimum atomic E-state index is 0. The van der Waals surface area contributed by atoms with Gasteiger partial charge in [-0.2, -0.15) is 0 Å². The SMILES string of the molecule is C1=COC=COC1.O. The molecule has 0 radical (unpaired) electrons. The summed E-state index contributed by atoms with van der Waals surface area (Å²) in [5.41, 5.74) is 0. The van der Waals surface area contributed by atoms with Gasteiger partial charge >= 0.3 is 0 Å². The second-order valence-electron chi connectivity index (χ2n) is 1.11. The fourth-order valence-electron chi connectivity index (χ4n) is 0.323. The molecule has 1 aliphatic heterocycles. The highest BCUT2D eigenvalue weighted by Gasteiger charge is 1.78. The molecule has 0 amide bonds. The predicted molar refractivity (Wildman–Crippen MR) is 28.9 cm³/mol. The normalized spacial score (nSPS) is 15.0. The molecule has 0 saturated heterocycles. The molecule has 46 valence electrons. The van der Waals surface area contributed by atoms with Gasteiger partial charge in [-0.1, -0.05) is 0 Å². The average molecular weight is 116 g/mol. The smallest absolute Gasteiger partial charge is 0.125 e. The Morgan fingerprint density at radius 3 is 2.88 bits per heavy atom. The van der Waals surface area contributed by atoms with Gasteiger partial charge in [-0.05, 0) is 6.08 Å². The minimum Gasteiger partial charge on any atom is -0.494 e. The maximum absolute atomic E-state index is 4.80. The predicted octanol–water partition coefficient (Wildman–Crippen LogP) is 0.193. The molecule has 1 aliphatic rings. The van der Waals surface area contributed by atoms with Gasteiger partial charge in [0.2, 0.25) is 0 Å². The molecule has 0 saturated carbocycles. The molecule has 0 spiro atoms. The number of ether oxygens (including phenoxy) is 2. The Labute approximate surface area is 47.5 Å². The number of rotatable bonds is 0. The van der Waals surface area contributed by atoms with Crippen molar-refractivity contribution in [1.82, 2.24) is 0 Å². The van der Waals surface area contributed by atoms with Crippen molar-refractivity contribution in [2.45, 2.75) is 0 Å². The first kappa shape index (κ1) is 7.04. The fourth-order valence-corrected chi connectivity index (χ4v) is 0.323. The van der Waals surface area contributed by atoms with Crippen molar-refractivity contribution in [2.75, 3.05) is 6.61 Å². The summed E-state index contributed by atoms with van der Waals surface area (Å²) in [4.78, 5) is 0. The van der Waals surface area contributed by atoms with Crippen LogP contribution in [-0.4, -0.2) is 12.1 Å². The van der Waals surface area contributed by atoms with Crippen molar-refractivity contribution in [1.29, 1.82) is 0 Å². The van der Waals surface area contributed by atoms with Crippen molar-refractivity contribution in [3.05, 3.63) is 24.9 Å². The van der Waals surface area contributed by atoms with Gasteiger partial charge in [-0.25, -0.2) is 0 Å². The average Bonchev–Trinajstić information content (AvgIpc) is 1.90. The summed E-state index contributed by atoms with van der Waals surface area (Å²) < 4.78 is 9.51. The first-order valence-electron chi connectivity index (χ1n) is 2.07. The lowest BCUT2D eigenvalue weighted by atomic mass is 10.7. The molecule has 1 heterocycles. The molecule has 0 aromatic rings. The largest absolute Gasteiger partial charge is 0.494 e. The highest BCUT2D eigenvalue weighted by molar-refractivity contribution is 4.80. The van der Waals surface area contributed by atoms with Crippen molar-refractivity contribution in [2.24, 2.45) is 0 Å². The van der Waals surface area contributed by atoms with E-state index < -0.39 is 0 Å². The van der Waals surface area contributed by atoms with Crippen LogP contribution in [0.1, 0.15) is 0 Å². The molecule has 0 fully saturated rings. The van der Waals surface area contributed by atoms with Crippen LogP contribution in [0.4, 0.5) is 0 Å². The van der Waals surface area contributed by atoms with Crippen LogP contribution in [0.2, 0.25) is 0 Å². The zero-order valence-corrected chi connectivity index (χ0v) is 4.33. The van der Waals surface area contributed by atoms with Gasteiger partial charge in [-0.3, -0.25) is 0 Å². The van der Waals surface area contributed by atoms with Gasteiger partial charge in [0, 0.05) is 0 Å². The van der Waals surface area contributed by atoms with Gasteiger partial charge < -0.3 is 14.9 Å². The Morgan fingerprint density at radius 1 is 1.12 bits per heavy atom. The van der Waals surface area contributed by atoms with Crippen LogP contribution in [0, 0.1) is 0 Å². The zero-order chi connectivity index (χ0) is 4.95. The van der Waals surface area contributed by atoms with Gasteiger partial charge in [0.15, 0.2) is 0 Å². The van der Waals surface area contributed by atoms with E-state index in [1.807, 2.05) is 0 Å². The second kappa shape index (κ2) is 4.21. The van der Waals surface area contributed by atoms with Crippen LogP contribution in [0.5, 0.6) is 0 Å². The third-order valence-corrected chi connectivity index (χ3v) is 0.598. The van der Waals surface area contributed by atoms with Crippen LogP contribution in [-0.2, 0) is 9.47 Å². The quantitative estimate of drug-likeness (QED) is 0.453. The monoisotopic (exact) mass is 116 g/mol. The van der Waals surface area contributed by atoms with Gasteiger partial charge in [-0.15, -0.1) is 0 Å². The lowest BCUT2D eigenvalue weighted by molar-refractivity contribution is 0.284. The Bertz CT molecular complexity index is 83.8. The maximum atomic E-state index is 4.80. The molecule has 8 heavy (non-hydrogen) atoms. The molecule has 0 atom stereocenters. The highest BCUT2D eigenvalue weighted by Crippen LogP contribution is 1.88. The molecule has 0 aromatic carbocycles. The second-order valence-corrected chi connectivity index (χ2v) is 1.11. The van der Waals surface area contributed by atoms with E-state index in [1.54, 1.807) is 12.3 Å². The van der Waals surface area contributed by atoms with E-state index in [2.05, 4.69) is 0 Å². The molecule has 1 rings (SSSR count). The van der Waals surface area contributed by atoms with E-state index in [1.165, 1.54) is 12.5 Å². The Balaban J connectivity index is 0.000000490. The third-order valence-electron chi connectivity index (χ3n) is 0.598. The summed E-state index contributed by atoms with van der Waals surface area (Å²) in [5.74, 6) is 0. The summed E-state index contributed by atoms with van der Waals surface area (Å²) in [6.07, 6.45) is 6.38. The van der Waals surface area contributed by atoms with E-state index in [9.17, 15) is 0 Å². The summed E-state index contributed by atoms with van der Waals surface area (Å²) in [5, 5.41) is 0. The fraction of sp³-hybridized carbons (Fsp3) is 0.200. The van der Waals surface area contributed by atoms with Crippen LogP contribution in [0.25, 0.3) is 0 Å². The molecule has 0 aromatic heterocycles. The molecular formula is C5H8O3. The van der Waals surface area contributed by atoms with Crippen molar-refractivity contribution in [3.8, 4) is 0 Å². The van der Waals surface area contributed by atoms with Gasteiger partial charge in [0.25, 0.3) is 0 Å². The maximum Gasteiger partial charge on any atom is 0.125 e. The van der Waals surface area contributed by atoms with Crippen LogP contribution >= 0.6 is 0 Å². The van der Waals surface area contributed by atoms with E-state index in [-0.39, 0.29) is 5.48 Å². The molecular weight excluding hydrogens is 108 g/mol. The van der Waals surface area contributed by atoms with Crippen molar-refractivity contribution in [3.63, 3.8) is 0 Å². The van der Waals surface area contributed by atoms with Gasteiger partial charge in [0.1, 0.15) is 19.1 Å². The van der Waals surface area contributed by atoms with E-state index in [0.29, 0.717) is 6.61 Å². The van der Waals surface area contributed by atoms with Gasteiger partial charge in [0.05, 0.1) is 6.26 Å². The highest BCUT2D eigenvalue weighted by atomic mass is 16.5. The molecule has 0 unspecified atom stereocenters. The summed E-state index contributed by atoms with van der Waals surface area (Å²) in [6.45, 7) is 0.608. The van der Waals surface area contributed by atoms with Crippen LogP contribution in [0.15, 0.2) is 24.9 Å². The standard InChI is InChI=1S/C5H6O2.H2O/c1-2-6-4-5-7-3-1;/h1-2,4-5H,3H2;1H2. The minimum absolute atomic E-state index is 0. The number of hydrogen-bond donors (Lipinski definition) is 0. The van der Waals surface area contributed by atoms with Crippen LogP contribution in [0.3, 0.4) is 0 Å². The molecule has 0 aliphatic carbocycles. The Hall–Kier alpha value is -0.960. The molecule has 3 nitrogen and oxygen atoms in total. The summed E-state index contributed by atoms with van der Waals surface area (Å²) in [7, 11) is 0. The molecule has 3 heteroatoms. The topological polar surface area (TPSA) is 50.0 Å². The lowest BCUT2D eigenvalue weighted by Gasteiger charge is -1.84. The molecule has 2 N–H and O–H groups in total. The number of hydrogen-bond acceptors (Lipinski definition) is 2. The Kier molecular flexibility index (Phi) is 3.70. The Morgan fingerprint density at radius 2 is 2.00 bits per heavy atom.